The Morgan fingerprint density at radius 2 is 1.80 bits per heavy atom. The standard InChI is InChI=1S/C32H35ClF3N5O3/c33-21-13-20(14-23(35)15-21)17-38-31(42)26-7-8-41(32(26)43)24-3-6-30(37-18-24)40-11-9-39(10-12-40)25-2-5-29(44-19-25)27-16-22(34)1-4-28(27)36/h1,3-4,6,13-16,18,25-26,29,31,38,42H,2,5,7-12,17,19H2. The van der Waals surface area contributed by atoms with Gasteiger partial charge >= 0.3 is 0 Å². The fraction of sp³-hybridized carbons (Fsp3) is 0.438. The highest BCUT2D eigenvalue weighted by atomic mass is 35.5. The topological polar surface area (TPSA) is 81.2 Å². The third-order valence-corrected chi connectivity index (χ3v) is 9.04. The molecule has 3 fully saturated rings. The molecule has 1 aromatic heterocycles. The molecule has 0 aliphatic carbocycles. The van der Waals surface area contributed by atoms with Crippen molar-refractivity contribution in [3.63, 3.8) is 0 Å². The third-order valence-electron chi connectivity index (χ3n) is 8.82. The number of halogens is 4. The molecule has 0 saturated carbocycles. The van der Waals surface area contributed by atoms with E-state index >= 15 is 0 Å². The summed E-state index contributed by atoms with van der Waals surface area (Å²) < 4.78 is 47.4. The Morgan fingerprint density at radius 1 is 0.977 bits per heavy atom. The molecule has 3 aliphatic rings. The van der Waals surface area contributed by atoms with Gasteiger partial charge in [0.2, 0.25) is 5.91 Å². The van der Waals surface area contributed by atoms with E-state index in [1.54, 1.807) is 17.2 Å². The average Bonchev–Trinajstić information content (AvgIpc) is 3.42. The van der Waals surface area contributed by atoms with Crippen LogP contribution < -0.4 is 15.1 Å². The van der Waals surface area contributed by atoms with Crippen LogP contribution in [0.2, 0.25) is 5.02 Å². The molecule has 2 N–H and O–H groups in total. The lowest BCUT2D eigenvalue weighted by atomic mass is 9.97. The van der Waals surface area contributed by atoms with E-state index in [1.807, 2.05) is 12.1 Å². The molecule has 44 heavy (non-hydrogen) atoms. The van der Waals surface area contributed by atoms with E-state index in [-0.39, 0.29) is 29.1 Å². The van der Waals surface area contributed by atoms with Gasteiger partial charge in [-0.1, -0.05) is 11.6 Å². The molecule has 4 atom stereocenters. The van der Waals surface area contributed by atoms with Crippen LogP contribution >= 0.6 is 11.6 Å². The number of aliphatic hydroxyl groups is 1. The van der Waals surface area contributed by atoms with Crippen LogP contribution in [0.25, 0.3) is 0 Å². The summed E-state index contributed by atoms with van der Waals surface area (Å²) in [4.78, 5) is 24.0. The summed E-state index contributed by atoms with van der Waals surface area (Å²) in [5.41, 5.74) is 1.54. The fourth-order valence-corrected chi connectivity index (χ4v) is 6.65. The second-order valence-corrected chi connectivity index (χ2v) is 12.0. The lowest BCUT2D eigenvalue weighted by Gasteiger charge is -2.42. The van der Waals surface area contributed by atoms with E-state index in [0.717, 1.165) is 50.6 Å². The van der Waals surface area contributed by atoms with E-state index in [2.05, 4.69) is 20.1 Å². The molecule has 3 saturated heterocycles. The van der Waals surface area contributed by atoms with Crippen LogP contribution in [0.4, 0.5) is 24.7 Å². The minimum Gasteiger partial charge on any atom is -0.378 e. The van der Waals surface area contributed by atoms with Crippen molar-refractivity contribution in [3.05, 3.63) is 88.3 Å². The lowest BCUT2D eigenvalue weighted by molar-refractivity contribution is -0.124. The Kier molecular flexibility index (Phi) is 9.39. The maximum absolute atomic E-state index is 14.2. The monoisotopic (exact) mass is 629 g/mol. The molecule has 1 amide bonds. The number of nitrogens with zero attached hydrogens (tertiary/aromatic N) is 4. The van der Waals surface area contributed by atoms with E-state index in [9.17, 15) is 23.1 Å². The van der Waals surface area contributed by atoms with Crippen molar-refractivity contribution in [2.24, 2.45) is 5.92 Å². The highest BCUT2D eigenvalue weighted by molar-refractivity contribution is 6.30. The molecular formula is C32H35ClF3N5O3. The number of carbonyl (C=O) groups excluding carboxylic acids is 1. The van der Waals surface area contributed by atoms with Crippen molar-refractivity contribution in [1.82, 2.24) is 15.2 Å². The molecule has 8 nitrogen and oxygen atoms in total. The summed E-state index contributed by atoms with van der Waals surface area (Å²) >= 11 is 5.91. The normalized spacial score (nSPS) is 23.8. The van der Waals surface area contributed by atoms with Crippen LogP contribution in [0, 0.1) is 23.4 Å². The predicted molar refractivity (Wildman–Crippen MR) is 161 cm³/mol. The fourth-order valence-electron chi connectivity index (χ4n) is 6.40. The second-order valence-electron chi connectivity index (χ2n) is 11.6. The van der Waals surface area contributed by atoms with Crippen molar-refractivity contribution in [1.29, 1.82) is 0 Å². The van der Waals surface area contributed by atoms with Gasteiger partial charge < -0.3 is 19.6 Å². The first-order valence-corrected chi connectivity index (χ1v) is 15.3. The van der Waals surface area contributed by atoms with E-state index in [1.165, 1.54) is 18.2 Å². The predicted octanol–water partition coefficient (Wildman–Crippen LogP) is 4.66. The quantitative estimate of drug-likeness (QED) is 0.351. The van der Waals surface area contributed by atoms with Gasteiger partial charge in [0.15, 0.2) is 0 Å². The number of pyridine rings is 1. The van der Waals surface area contributed by atoms with Gasteiger partial charge in [0.05, 0.1) is 30.5 Å². The highest BCUT2D eigenvalue weighted by Gasteiger charge is 2.37. The van der Waals surface area contributed by atoms with Crippen molar-refractivity contribution in [2.45, 2.75) is 44.2 Å². The van der Waals surface area contributed by atoms with E-state index in [0.29, 0.717) is 37.2 Å². The Labute approximate surface area is 259 Å². The average molecular weight is 630 g/mol. The Bertz CT molecular complexity index is 1450. The van der Waals surface area contributed by atoms with Gasteiger partial charge in [0.25, 0.3) is 0 Å². The van der Waals surface area contributed by atoms with Gasteiger partial charge in [0, 0.05) is 55.9 Å². The van der Waals surface area contributed by atoms with Crippen molar-refractivity contribution in [2.75, 3.05) is 49.1 Å². The Hall–Kier alpha value is -3.22. The summed E-state index contributed by atoms with van der Waals surface area (Å²) in [7, 11) is 0. The van der Waals surface area contributed by atoms with Crippen LogP contribution in [0.5, 0.6) is 0 Å². The summed E-state index contributed by atoms with van der Waals surface area (Å²) in [5, 5.41) is 13.8. The molecule has 4 unspecified atom stereocenters. The number of aromatic nitrogens is 1. The molecule has 12 heteroatoms. The molecule has 0 bridgehead atoms. The zero-order chi connectivity index (χ0) is 30.8. The number of anilines is 2. The molecular weight excluding hydrogens is 595 g/mol. The maximum Gasteiger partial charge on any atom is 0.234 e. The summed E-state index contributed by atoms with van der Waals surface area (Å²) in [6, 6.07) is 11.7. The van der Waals surface area contributed by atoms with Gasteiger partial charge in [0.1, 0.15) is 29.5 Å². The first-order chi connectivity index (χ1) is 21.2. The Balaban J connectivity index is 0.971. The van der Waals surface area contributed by atoms with Crippen LogP contribution in [-0.2, 0) is 16.1 Å². The van der Waals surface area contributed by atoms with E-state index < -0.39 is 35.7 Å². The number of ether oxygens (including phenoxy) is 1. The number of hydrogen-bond acceptors (Lipinski definition) is 7. The summed E-state index contributed by atoms with van der Waals surface area (Å²) in [6.07, 6.45) is 2.14. The van der Waals surface area contributed by atoms with Crippen LogP contribution in [0.15, 0.2) is 54.7 Å². The smallest absolute Gasteiger partial charge is 0.234 e. The zero-order valence-electron chi connectivity index (χ0n) is 24.1. The van der Waals surface area contributed by atoms with Crippen LogP contribution in [-0.4, -0.2) is 72.5 Å². The molecule has 3 aromatic rings. The number of nitrogens with one attached hydrogen (secondary N) is 1. The lowest BCUT2D eigenvalue weighted by Crippen LogP contribution is -2.52. The van der Waals surface area contributed by atoms with Crippen LogP contribution in [0.1, 0.15) is 36.5 Å². The highest BCUT2D eigenvalue weighted by Crippen LogP contribution is 2.33. The van der Waals surface area contributed by atoms with Gasteiger partial charge in [-0.2, -0.15) is 0 Å². The molecule has 4 heterocycles. The molecule has 6 rings (SSSR count). The Morgan fingerprint density at radius 3 is 2.50 bits per heavy atom. The third kappa shape index (κ3) is 6.87. The van der Waals surface area contributed by atoms with Gasteiger partial charge in [-0.25, -0.2) is 18.2 Å². The molecule has 234 valence electrons. The molecule has 0 radical (unpaired) electrons. The molecule has 3 aliphatic heterocycles. The van der Waals surface area contributed by atoms with Gasteiger partial charge in [-0.05, 0) is 73.4 Å². The van der Waals surface area contributed by atoms with Gasteiger partial charge in [-0.3, -0.25) is 15.0 Å². The molecule has 2 aromatic carbocycles. The maximum atomic E-state index is 14.2. The number of amides is 1. The number of benzene rings is 2. The van der Waals surface area contributed by atoms with E-state index in [4.69, 9.17) is 16.3 Å². The SMILES string of the molecule is O=C1C(C(O)NCc2cc(F)cc(Cl)c2)CCN1c1ccc(N2CCN(C3CCC(c4cc(F)ccc4F)OC3)CC2)nc1. The first-order valence-electron chi connectivity index (χ1n) is 14.9. The molecule has 0 spiro atoms. The van der Waals surface area contributed by atoms with Crippen molar-refractivity contribution in [3.8, 4) is 0 Å². The number of rotatable bonds is 8. The van der Waals surface area contributed by atoms with Crippen LogP contribution in [0.3, 0.4) is 0 Å². The summed E-state index contributed by atoms with van der Waals surface area (Å²) in [5.74, 6) is -1.35. The summed E-state index contributed by atoms with van der Waals surface area (Å²) in [6.45, 7) is 4.33. The number of piperazine rings is 1. The minimum absolute atomic E-state index is 0.176. The zero-order valence-corrected chi connectivity index (χ0v) is 24.9. The first kappa shape index (κ1) is 30.8. The minimum atomic E-state index is -1.08. The van der Waals surface area contributed by atoms with Crippen molar-refractivity contribution >= 4 is 29.0 Å². The number of hydrogen-bond donors (Lipinski definition) is 2. The largest absolute Gasteiger partial charge is 0.378 e. The van der Waals surface area contributed by atoms with Crippen molar-refractivity contribution < 1.29 is 27.8 Å². The van der Waals surface area contributed by atoms with Gasteiger partial charge in [-0.15, -0.1) is 0 Å². The second kappa shape index (κ2) is 13.4. The number of carbonyl (C=O) groups is 1. The number of aliphatic hydroxyl groups excluding tert-OH is 1.